The van der Waals surface area contributed by atoms with Crippen molar-refractivity contribution < 1.29 is 4.43 Å². The summed E-state index contributed by atoms with van der Waals surface area (Å²) in [6, 6.07) is 1.31. The van der Waals surface area contributed by atoms with E-state index in [4.69, 9.17) is 10.2 Å². The lowest BCUT2D eigenvalue weighted by atomic mass is 10.2. The first-order chi connectivity index (χ1) is 8.93. The monoisotopic (exact) mass is 332 g/mol. The third-order valence-electron chi connectivity index (χ3n) is 5.90. The molecule has 0 aromatic heterocycles. The van der Waals surface area contributed by atoms with E-state index in [-0.39, 0.29) is 5.60 Å². The van der Waals surface area contributed by atoms with Gasteiger partial charge in [-0.25, -0.2) is 0 Å². The van der Waals surface area contributed by atoms with Crippen LogP contribution in [0.5, 0.6) is 0 Å². The van der Waals surface area contributed by atoms with Crippen LogP contribution in [-0.2, 0) is 4.43 Å². The lowest BCUT2D eigenvalue weighted by Gasteiger charge is -2.61. The Hall–Kier alpha value is 0.531. The van der Waals surface area contributed by atoms with Crippen LogP contribution in [0, 0.1) is 0 Å². The van der Waals surface area contributed by atoms with Crippen molar-refractivity contribution in [1.29, 1.82) is 0 Å². The Morgan fingerprint density at radius 1 is 1.20 bits per heavy atom. The first-order valence-corrected chi connectivity index (χ1v) is 18.8. The van der Waals surface area contributed by atoms with Crippen molar-refractivity contribution in [3.05, 3.63) is 0 Å². The summed E-state index contributed by atoms with van der Waals surface area (Å²) >= 11 is 0. The van der Waals surface area contributed by atoms with Crippen LogP contribution in [0.2, 0.25) is 38.8 Å². The maximum atomic E-state index is 6.89. The molecule has 3 N–H and O–H groups in total. The standard InChI is InChI=1S/C14H36N2OSi3/c1-9-13(16-11-10-15)20(8)17-14(2,3)12-18(4,5)19(20,6)7/h13,16H,9-12,15H2,1-8H3. The zero-order valence-corrected chi connectivity index (χ0v) is 17.9. The summed E-state index contributed by atoms with van der Waals surface area (Å²) in [6.45, 7) is 21.5. The second-order valence-corrected chi connectivity index (χ2v) is 34.9. The lowest BCUT2D eigenvalue weighted by molar-refractivity contribution is 0.115. The Bertz CT molecular complexity index is 347. The lowest BCUT2D eigenvalue weighted by Crippen LogP contribution is -2.84. The molecule has 1 fully saturated rings. The largest absolute Gasteiger partial charge is 0.414 e. The van der Waals surface area contributed by atoms with E-state index in [9.17, 15) is 0 Å². The number of hydrogen-bond donors (Lipinski definition) is 2. The first kappa shape index (κ1) is 18.6. The highest BCUT2D eigenvalue weighted by Gasteiger charge is 2.64. The van der Waals surface area contributed by atoms with Gasteiger partial charge in [-0.15, -0.1) is 0 Å². The summed E-state index contributed by atoms with van der Waals surface area (Å²) in [7, 11) is -4.31. The third kappa shape index (κ3) is 3.15. The molecule has 0 spiro atoms. The minimum absolute atomic E-state index is 0.0665. The van der Waals surface area contributed by atoms with Gasteiger partial charge in [0.05, 0.1) is 7.11 Å². The fraction of sp³-hybridized carbons (Fsp3) is 1.00. The van der Waals surface area contributed by atoms with Crippen LogP contribution in [0.3, 0.4) is 0 Å². The van der Waals surface area contributed by atoms with Gasteiger partial charge in [0.15, 0.2) is 7.83 Å². The zero-order valence-electron chi connectivity index (χ0n) is 14.9. The van der Waals surface area contributed by atoms with Gasteiger partial charge in [0, 0.05) is 31.9 Å². The van der Waals surface area contributed by atoms with Crippen molar-refractivity contribution in [3.8, 4) is 0 Å². The Morgan fingerprint density at radius 3 is 2.20 bits per heavy atom. The Balaban J connectivity index is 3.20. The molecule has 1 heterocycles. The van der Waals surface area contributed by atoms with Gasteiger partial charge < -0.3 is 15.5 Å². The maximum Gasteiger partial charge on any atom is 0.191 e. The van der Waals surface area contributed by atoms with Gasteiger partial charge in [-0.3, -0.25) is 0 Å². The van der Waals surface area contributed by atoms with Crippen LogP contribution in [0.15, 0.2) is 0 Å². The minimum atomic E-state index is -1.77. The topological polar surface area (TPSA) is 47.3 Å². The third-order valence-corrected chi connectivity index (χ3v) is 46.5. The number of hydrogen-bond acceptors (Lipinski definition) is 3. The van der Waals surface area contributed by atoms with E-state index in [1.807, 2.05) is 0 Å². The molecule has 0 aliphatic carbocycles. The van der Waals surface area contributed by atoms with Gasteiger partial charge in [-0.1, -0.05) is 33.1 Å². The van der Waals surface area contributed by atoms with Gasteiger partial charge in [-0.05, 0) is 32.9 Å². The van der Waals surface area contributed by atoms with Crippen molar-refractivity contribution >= 4 is 22.5 Å². The molecule has 1 aliphatic heterocycles. The SMILES string of the molecule is CCC(NCCN)[Si]1(C)OC(C)(C)C[Si](C)(C)[Si]1(C)C. The molecule has 2 atom stereocenters. The second-order valence-electron chi connectivity index (χ2n) is 8.36. The van der Waals surface area contributed by atoms with Crippen molar-refractivity contribution in [1.82, 2.24) is 5.32 Å². The number of nitrogens with two attached hydrogens (primary N) is 1. The molecule has 6 heteroatoms. The predicted molar refractivity (Wildman–Crippen MR) is 97.7 cm³/mol. The average molecular weight is 333 g/mol. The van der Waals surface area contributed by atoms with E-state index in [0.717, 1.165) is 6.54 Å². The number of rotatable bonds is 5. The molecule has 1 aliphatic rings. The van der Waals surface area contributed by atoms with E-state index < -0.39 is 22.5 Å². The molecular formula is C14H36N2OSi3. The normalized spacial score (nSPS) is 32.9. The van der Waals surface area contributed by atoms with Crippen molar-refractivity contribution in [2.45, 2.75) is 77.2 Å². The van der Waals surface area contributed by atoms with Gasteiger partial charge in [0.2, 0.25) is 0 Å². The summed E-state index contributed by atoms with van der Waals surface area (Å²) < 4.78 is 6.89. The molecule has 1 saturated heterocycles. The average Bonchev–Trinajstić information content (AvgIpc) is 2.25. The van der Waals surface area contributed by atoms with Gasteiger partial charge in [0.25, 0.3) is 0 Å². The molecule has 1 rings (SSSR count). The molecule has 0 amide bonds. The van der Waals surface area contributed by atoms with E-state index >= 15 is 0 Å². The van der Waals surface area contributed by atoms with Crippen LogP contribution in [0.1, 0.15) is 27.2 Å². The molecule has 0 radical (unpaired) electrons. The van der Waals surface area contributed by atoms with E-state index in [0.29, 0.717) is 12.2 Å². The molecule has 0 saturated carbocycles. The summed E-state index contributed by atoms with van der Waals surface area (Å²) in [5, 5.41) is 3.73. The summed E-state index contributed by atoms with van der Waals surface area (Å²) in [4.78, 5) is 0. The number of nitrogens with one attached hydrogen (secondary N) is 1. The van der Waals surface area contributed by atoms with Crippen molar-refractivity contribution in [2.75, 3.05) is 13.1 Å². The molecule has 3 nitrogen and oxygen atoms in total. The highest BCUT2D eigenvalue weighted by Crippen LogP contribution is 2.45. The Kier molecular flexibility index (Phi) is 5.54. The first-order valence-electron chi connectivity index (χ1n) is 8.07. The second kappa shape index (κ2) is 5.97. The predicted octanol–water partition coefficient (Wildman–Crippen LogP) is 2.81. The molecule has 0 aromatic rings. The Morgan fingerprint density at radius 2 is 1.75 bits per heavy atom. The van der Waals surface area contributed by atoms with Crippen LogP contribution in [0.4, 0.5) is 0 Å². The van der Waals surface area contributed by atoms with Crippen molar-refractivity contribution in [3.63, 3.8) is 0 Å². The fourth-order valence-corrected chi connectivity index (χ4v) is 38.8. The summed E-state index contributed by atoms with van der Waals surface area (Å²) in [6.07, 6.45) is 1.17. The molecule has 120 valence electrons. The van der Waals surface area contributed by atoms with E-state index in [1.165, 1.54) is 12.5 Å². The molecule has 2 unspecified atom stereocenters. The highest BCUT2D eigenvalue weighted by molar-refractivity contribution is 7.68. The van der Waals surface area contributed by atoms with Gasteiger partial charge in [-0.2, -0.15) is 0 Å². The van der Waals surface area contributed by atoms with Crippen LogP contribution in [-0.4, -0.2) is 46.9 Å². The highest BCUT2D eigenvalue weighted by atomic mass is 29.6. The van der Waals surface area contributed by atoms with Crippen LogP contribution in [0.25, 0.3) is 0 Å². The quantitative estimate of drug-likeness (QED) is 0.761. The minimum Gasteiger partial charge on any atom is -0.414 e. The van der Waals surface area contributed by atoms with E-state index in [1.54, 1.807) is 0 Å². The zero-order chi connectivity index (χ0) is 15.8. The molecular weight excluding hydrogens is 296 g/mol. The van der Waals surface area contributed by atoms with Crippen molar-refractivity contribution in [2.24, 2.45) is 5.73 Å². The van der Waals surface area contributed by atoms with Crippen LogP contribution < -0.4 is 11.1 Å². The molecule has 0 aromatic carbocycles. The fourth-order valence-electron chi connectivity index (χ4n) is 4.19. The molecule has 20 heavy (non-hydrogen) atoms. The van der Waals surface area contributed by atoms with Crippen LogP contribution >= 0.6 is 0 Å². The Labute approximate surface area is 128 Å². The smallest absolute Gasteiger partial charge is 0.191 e. The maximum absolute atomic E-state index is 6.89. The van der Waals surface area contributed by atoms with Gasteiger partial charge in [0.1, 0.15) is 0 Å². The molecule has 0 bridgehead atoms. The van der Waals surface area contributed by atoms with Gasteiger partial charge >= 0.3 is 0 Å². The summed E-state index contributed by atoms with van der Waals surface area (Å²) in [5.41, 5.74) is 6.33. The summed E-state index contributed by atoms with van der Waals surface area (Å²) in [5.74, 6) is 0. The van der Waals surface area contributed by atoms with E-state index in [2.05, 4.69) is 58.8 Å².